The van der Waals surface area contributed by atoms with E-state index in [-0.39, 0.29) is 12.3 Å². The lowest BCUT2D eigenvalue weighted by atomic mass is 10.1. The van der Waals surface area contributed by atoms with Gasteiger partial charge in [-0.05, 0) is 24.6 Å². The largest absolute Gasteiger partial charge is 0.416 e. The average molecular weight is 361 g/mol. The third-order valence-electron chi connectivity index (χ3n) is 3.61. The van der Waals surface area contributed by atoms with E-state index in [2.05, 4.69) is 20.3 Å². The zero-order chi connectivity index (χ0) is 18.7. The number of carbonyl (C=O) groups excluding carboxylic acids is 1. The second-order valence-electron chi connectivity index (χ2n) is 5.54. The Morgan fingerprint density at radius 2 is 1.77 bits per heavy atom. The summed E-state index contributed by atoms with van der Waals surface area (Å²) in [6.45, 7) is 1.81. The third kappa shape index (κ3) is 4.05. The molecule has 2 heterocycles. The number of alkyl halides is 3. The molecule has 26 heavy (non-hydrogen) atoms. The molecule has 3 rings (SSSR count). The number of hydrogen-bond donors (Lipinski definition) is 1. The number of rotatable bonds is 4. The SMILES string of the molecule is Cc1nccn1-c1ncc(NC(=O)Cc2ccc(C(F)(F)F)cc2)cn1. The first kappa shape index (κ1) is 17.6. The molecule has 2 aromatic heterocycles. The number of hydrogen-bond acceptors (Lipinski definition) is 4. The van der Waals surface area contributed by atoms with Crippen LogP contribution < -0.4 is 5.32 Å². The number of aromatic nitrogens is 4. The molecule has 0 fully saturated rings. The lowest BCUT2D eigenvalue weighted by Gasteiger charge is -2.08. The number of anilines is 1. The Morgan fingerprint density at radius 3 is 2.31 bits per heavy atom. The van der Waals surface area contributed by atoms with E-state index in [4.69, 9.17) is 0 Å². The molecule has 0 aliphatic rings. The second kappa shape index (κ2) is 6.95. The van der Waals surface area contributed by atoms with Gasteiger partial charge in [0.2, 0.25) is 11.9 Å². The highest BCUT2D eigenvalue weighted by Crippen LogP contribution is 2.29. The minimum atomic E-state index is -4.40. The number of halogens is 3. The first-order valence-corrected chi connectivity index (χ1v) is 7.61. The molecule has 1 amide bonds. The summed E-state index contributed by atoms with van der Waals surface area (Å²) in [5.74, 6) is 0.768. The fraction of sp³-hybridized carbons (Fsp3) is 0.176. The minimum absolute atomic E-state index is 0.0550. The summed E-state index contributed by atoms with van der Waals surface area (Å²) in [6, 6.07) is 4.47. The van der Waals surface area contributed by atoms with Gasteiger partial charge in [-0.25, -0.2) is 15.0 Å². The van der Waals surface area contributed by atoms with Crippen molar-refractivity contribution in [2.45, 2.75) is 19.5 Å². The van der Waals surface area contributed by atoms with Crippen LogP contribution in [0.4, 0.5) is 18.9 Å². The summed E-state index contributed by atoms with van der Waals surface area (Å²) in [5, 5.41) is 2.61. The zero-order valence-corrected chi connectivity index (χ0v) is 13.7. The Kier molecular flexibility index (Phi) is 4.70. The van der Waals surface area contributed by atoms with Crippen molar-refractivity contribution in [1.29, 1.82) is 0 Å². The lowest BCUT2D eigenvalue weighted by Crippen LogP contribution is -2.15. The fourth-order valence-corrected chi connectivity index (χ4v) is 2.30. The number of benzene rings is 1. The predicted octanol–water partition coefficient (Wildman–Crippen LogP) is 3.17. The van der Waals surface area contributed by atoms with Crippen LogP contribution in [0.5, 0.6) is 0 Å². The molecule has 0 spiro atoms. The van der Waals surface area contributed by atoms with Gasteiger partial charge in [0.1, 0.15) is 5.82 Å². The second-order valence-corrected chi connectivity index (χ2v) is 5.54. The van der Waals surface area contributed by atoms with E-state index in [0.29, 0.717) is 17.2 Å². The Labute approximate surface area is 146 Å². The molecule has 0 bridgehead atoms. The fourth-order valence-electron chi connectivity index (χ4n) is 2.30. The molecule has 6 nitrogen and oxygen atoms in total. The number of nitrogens with zero attached hydrogens (tertiary/aromatic N) is 4. The van der Waals surface area contributed by atoms with E-state index in [1.807, 2.05) is 6.92 Å². The van der Waals surface area contributed by atoms with Gasteiger partial charge in [-0.3, -0.25) is 9.36 Å². The van der Waals surface area contributed by atoms with Crippen LogP contribution in [-0.4, -0.2) is 25.4 Å². The van der Waals surface area contributed by atoms with Crippen molar-refractivity contribution in [3.8, 4) is 5.95 Å². The molecule has 134 valence electrons. The van der Waals surface area contributed by atoms with Crippen LogP contribution in [0.25, 0.3) is 5.95 Å². The quantitative estimate of drug-likeness (QED) is 0.775. The first-order chi connectivity index (χ1) is 12.3. The van der Waals surface area contributed by atoms with E-state index in [0.717, 1.165) is 18.0 Å². The molecule has 0 unspecified atom stereocenters. The van der Waals surface area contributed by atoms with Crippen molar-refractivity contribution in [2.24, 2.45) is 0 Å². The summed E-state index contributed by atoms with van der Waals surface area (Å²) in [6.07, 6.45) is 1.79. The predicted molar refractivity (Wildman–Crippen MR) is 87.7 cm³/mol. The van der Waals surface area contributed by atoms with Crippen molar-refractivity contribution < 1.29 is 18.0 Å². The summed E-state index contributed by atoms with van der Waals surface area (Å²) in [4.78, 5) is 24.4. The maximum absolute atomic E-state index is 12.5. The van der Waals surface area contributed by atoms with Crippen LogP contribution in [-0.2, 0) is 17.4 Å². The standard InChI is InChI=1S/C17H14F3N5O/c1-11-21-6-7-25(11)16-22-9-14(10-23-16)24-15(26)8-12-2-4-13(5-3-12)17(18,19)20/h2-7,9-10H,8H2,1H3,(H,24,26). The van der Waals surface area contributed by atoms with Crippen molar-refractivity contribution >= 4 is 11.6 Å². The van der Waals surface area contributed by atoms with Crippen LogP contribution in [0.3, 0.4) is 0 Å². The van der Waals surface area contributed by atoms with E-state index in [1.54, 1.807) is 17.0 Å². The summed E-state index contributed by atoms with van der Waals surface area (Å²) in [7, 11) is 0. The van der Waals surface area contributed by atoms with Gasteiger partial charge in [-0.15, -0.1) is 0 Å². The molecular formula is C17H14F3N5O. The van der Waals surface area contributed by atoms with Gasteiger partial charge in [0.15, 0.2) is 0 Å². The maximum Gasteiger partial charge on any atom is 0.416 e. The highest BCUT2D eigenvalue weighted by Gasteiger charge is 2.29. The van der Waals surface area contributed by atoms with Gasteiger partial charge in [0.25, 0.3) is 0 Å². The smallest absolute Gasteiger partial charge is 0.323 e. The van der Waals surface area contributed by atoms with Crippen molar-refractivity contribution in [2.75, 3.05) is 5.32 Å². The Hall–Kier alpha value is -3.23. The third-order valence-corrected chi connectivity index (χ3v) is 3.61. The van der Waals surface area contributed by atoms with E-state index < -0.39 is 11.7 Å². The topological polar surface area (TPSA) is 72.7 Å². The highest BCUT2D eigenvalue weighted by atomic mass is 19.4. The highest BCUT2D eigenvalue weighted by molar-refractivity contribution is 5.91. The van der Waals surface area contributed by atoms with Crippen LogP contribution in [0.2, 0.25) is 0 Å². The van der Waals surface area contributed by atoms with Gasteiger partial charge in [-0.1, -0.05) is 12.1 Å². The molecular weight excluding hydrogens is 347 g/mol. The Bertz CT molecular complexity index is 901. The molecule has 0 atom stereocenters. The van der Waals surface area contributed by atoms with Gasteiger partial charge in [0.05, 0.1) is 30.1 Å². The van der Waals surface area contributed by atoms with Crippen LogP contribution in [0, 0.1) is 6.92 Å². The molecule has 3 aromatic rings. The number of nitrogens with one attached hydrogen (secondary N) is 1. The molecule has 1 aromatic carbocycles. The summed E-state index contributed by atoms with van der Waals surface area (Å²) >= 11 is 0. The minimum Gasteiger partial charge on any atom is -0.323 e. The van der Waals surface area contributed by atoms with E-state index in [1.165, 1.54) is 24.5 Å². The molecule has 0 aliphatic heterocycles. The summed E-state index contributed by atoms with van der Waals surface area (Å²) < 4.78 is 39.3. The van der Waals surface area contributed by atoms with Crippen LogP contribution in [0.1, 0.15) is 17.0 Å². The lowest BCUT2D eigenvalue weighted by molar-refractivity contribution is -0.137. The van der Waals surface area contributed by atoms with Crippen LogP contribution >= 0.6 is 0 Å². The van der Waals surface area contributed by atoms with Gasteiger partial charge in [0, 0.05) is 12.4 Å². The van der Waals surface area contributed by atoms with Crippen LogP contribution in [0.15, 0.2) is 49.1 Å². The number of imidazole rings is 1. The zero-order valence-electron chi connectivity index (χ0n) is 13.7. The number of amides is 1. The van der Waals surface area contributed by atoms with Gasteiger partial charge >= 0.3 is 6.18 Å². The molecule has 0 saturated heterocycles. The van der Waals surface area contributed by atoms with Crippen molar-refractivity contribution in [3.63, 3.8) is 0 Å². The molecule has 0 radical (unpaired) electrons. The Balaban J connectivity index is 1.62. The van der Waals surface area contributed by atoms with Gasteiger partial charge < -0.3 is 5.32 Å². The van der Waals surface area contributed by atoms with E-state index in [9.17, 15) is 18.0 Å². The van der Waals surface area contributed by atoms with Gasteiger partial charge in [-0.2, -0.15) is 13.2 Å². The molecule has 0 saturated carbocycles. The average Bonchev–Trinajstić information content (AvgIpc) is 3.01. The molecule has 1 N–H and O–H groups in total. The van der Waals surface area contributed by atoms with Crippen molar-refractivity contribution in [1.82, 2.24) is 19.5 Å². The maximum atomic E-state index is 12.5. The normalized spacial score (nSPS) is 11.4. The van der Waals surface area contributed by atoms with E-state index >= 15 is 0 Å². The monoisotopic (exact) mass is 361 g/mol. The molecule has 9 heteroatoms. The summed E-state index contributed by atoms with van der Waals surface area (Å²) in [5.41, 5.74) is 0.117. The first-order valence-electron chi connectivity index (χ1n) is 7.61. The molecule has 0 aliphatic carbocycles. The Morgan fingerprint density at radius 1 is 1.12 bits per heavy atom. The number of aryl methyl sites for hydroxylation is 1. The van der Waals surface area contributed by atoms with Crippen molar-refractivity contribution in [3.05, 3.63) is 66.0 Å². The number of carbonyl (C=O) groups is 1.